The standard InChI is InChI=1S/C17H24N4O2/c1-20-9-2-4-15(20)13-6-7-18-14(12-13)17(23)19-8-11-21-10-3-5-16(21)22/h6-7,12,15H,2-5,8-11H2,1H3,(H,19,23)/t15-/m0/s1. The SMILES string of the molecule is CN1CCC[C@H]1c1ccnc(C(=O)NCCN2CCCC2=O)c1. The van der Waals surface area contributed by atoms with E-state index in [0.29, 0.717) is 31.2 Å². The largest absolute Gasteiger partial charge is 0.349 e. The van der Waals surface area contributed by atoms with E-state index in [1.807, 2.05) is 12.1 Å². The van der Waals surface area contributed by atoms with Crippen LogP contribution in [-0.4, -0.2) is 59.8 Å². The molecular weight excluding hydrogens is 292 g/mol. The highest BCUT2D eigenvalue weighted by molar-refractivity contribution is 5.92. The third-order valence-electron chi connectivity index (χ3n) is 4.76. The van der Waals surface area contributed by atoms with E-state index in [1.165, 1.54) is 6.42 Å². The molecule has 1 aromatic rings. The molecule has 2 amide bonds. The molecule has 6 nitrogen and oxygen atoms in total. The second-order valence-corrected chi connectivity index (χ2v) is 6.35. The molecule has 1 atom stereocenters. The van der Waals surface area contributed by atoms with Gasteiger partial charge in [0, 0.05) is 38.3 Å². The fourth-order valence-electron chi connectivity index (χ4n) is 3.45. The molecule has 0 radical (unpaired) electrons. The van der Waals surface area contributed by atoms with Gasteiger partial charge in [-0.05, 0) is 50.6 Å². The Hall–Kier alpha value is -1.95. The summed E-state index contributed by atoms with van der Waals surface area (Å²) < 4.78 is 0. The van der Waals surface area contributed by atoms with Gasteiger partial charge in [0.2, 0.25) is 5.91 Å². The van der Waals surface area contributed by atoms with Crippen LogP contribution in [0.1, 0.15) is 47.8 Å². The van der Waals surface area contributed by atoms with Crippen LogP contribution >= 0.6 is 0 Å². The number of pyridine rings is 1. The van der Waals surface area contributed by atoms with Crippen molar-refractivity contribution in [1.82, 2.24) is 20.1 Å². The number of hydrogen-bond donors (Lipinski definition) is 1. The Kier molecular flexibility index (Phi) is 4.91. The summed E-state index contributed by atoms with van der Waals surface area (Å²) >= 11 is 0. The lowest BCUT2D eigenvalue weighted by Crippen LogP contribution is -2.35. The van der Waals surface area contributed by atoms with Gasteiger partial charge in [-0.2, -0.15) is 0 Å². The van der Waals surface area contributed by atoms with Crippen molar-refractivity contribution < 1.29 is 9.59 Å². The van der Waals surface area contributed by atoms with E-state index in [4.69, 9.17) is 0 Å². The van der Waals surface area contributed by atoms with Crippen molar-refractivity contribution in [2.45, 2.75) is 31.7 Å². The molecule has 124 valence electrons. The number of aromatic nitrogens is 1. The fourth-order valence-corrected chi connectivity index (χ4v) is 3.45. The third-order valence-corrected chi connectivity index (χ3v) is 4.76. The van der Waals surface area contributed by atoms with Crippen molar-refractivity contribution in [2.75, 3.05) is 33.2 Å². The summed E-state index contributed by atoms with van der Waals surface area (Å²) in [5.74, 6) is 0.0165. The van der Waals surface area contributed by atoms with Gasteiger partial charge in [-0.1, -0.05) is 0 Å². The van der Waals surface area contributed by atoms with Crippen LogP contribution in [0.25, 0.3) is 0 Å². The van der Waals surface area contributed by atoms with Crippen LogP contribution in [0.3, 0.4) is 0 Å². The molecule has 3 heterocycles. The van der Waals surface area contributed by atoms with Crippen molar-refractivity contribution in [1.29, 1.82) is 0 Å². The number of nitrogens with one attached hydrogen (secondary N) is 1. The molecule has 0 saturated carbocycles. The van der Waals surface area contributed by atoms with Crippen LogP contribution in [0.4, 0.5) is 0 Å². The van der Waals surface area contributed by atoms with Crippen molar-refractivity contribution in [3.05, 3.63) is 29.6 Å². The number of carbonyl (C=O) groups excluding carboxylic acids is 2. The molecule has 2 aliphatic rings. The van der Waals surface area contributed by atoms with Gasteiger partial charge in [0.05, 0.1) is 0 Å². The molecule has 0 bridgehead atoms. The first-order chi connectivity index (χ1) is 11.1. The number of carbonyl (C=O) groups is 2. The lowest BCUT2D eigenvalue weighted by atomic mass is 10.1. The maximum Gasteiger partial charge on any atom is 0.269 e. The molecule has 0 aromatic carbocycles. The van der Waals surface area contributed by atoms with Crippen molar-refractivity contribution in [2.24, 2.45) is 0 Å². The van der Waals surface area contributed by atoms with Gasteiger partial charge >= 0.3 is 0 Å². The van der Waals surface area contributed by atoms with Gasteiger partial charge in [-0.3, -0.25) is 19.5 Å². The number of rotatable bonds is 5. The van der Waals surface area contributed by atoms with Gasteiger partial charge in [-0.15, -0.1) is 0 Å². The van der Waals surface area contributed by atoms with Gasteiger partial charge in [0.15, 0.2) is 0 Å². The maximum atomic E-state index is 12.3. The van der Waals surface area contributed by atoms with Crippen LogP contribution in [0.5, 0.6) is 0 Å². The predicted molar refractivity (Wildman–Crippen MR) is 87.0 cm³/mol. The minimum absolute atomic E-state index is 0.167. The summed E-state index contributed by atoms with van der Waals surface area (Å²) in [6.45, 7) is 2.95. The van der Waals surface area contributed by atoms with Crippen molar-refractivity contribution in [3.63, 3.8) is 0 Å². The lowest BCUT2D eigenvalue weighted by molar-refractivity contribution is -0.127. The second-order valence-electron chi connectivity index (χ2n) is 6.35. The number of likely N-dealkylation sites (tertiary alicyclic amines) is 2. The van der Waals surface area contributed by atoms with E-state index in [0.717, 1.165) is 31.5 Å². The normalized spacial score (nSPS) is 21.9. The molecule has 1 N–H and O–H groups in total. The van der Waals surface area contributed by atoms with E-state index in [-0.39, 0.29) is 11.8 Å². The smallest absolute Gasteiger partial charge is 0.269 e. The topological polar surface area (TPSA) is 65.5 Å². The van der Waals surface area contributed by atoms with Crippen LogP contribution in [0.2, 0.25) is 0 Å². The average Bonchev–Trinajstić information content (AvgIpc) is 3.16. The molecule has 2 fully saturated rings. The first-order valence-electron chi connectivity index (χ1n) is 8.37. The first-order valence-corrected chi connectivity index (χ1v) is 8.37. The zero-order valence-corrected chi connectivity index (χ0v) is 13.6. The van der Waals surface area contributed by atoms with Crippen LogP contribution in [0.15, 0.2) is 18.3 Å². The van der Waals surface area contributed by atoms with E-state index in [9.17, 15) is 9.59 Å². The van der Waals surface area contributed by atoms with Gasteiger partial charge in [0.25, 0.3) is 5.91 Å². The zero-order chi connectivity index (χ0) is 16.2. The third kappa shape index (κ3) is 3.69. The summed E-state index contributed by atoms with van der Waals surface area (Å²) in [5.41, 5.74) is 1.61. The summed E-state index contributed by atoms with van der Waals surface area (Å²) in [6, 6.07) is 4.27. The molecule has 0 spiro atoms. The molecule has 3 rings (SSSR count). The molecule has 2 aliphatic heterocycles. The molecule has 0 unspecified atom stereocenters. The van der Waals surface area contributed by atoms with E-state index >= 15 is 0 Å². The Bertz CT molecular complexity index is 590. The van der Waals surface area contributed by atoms with Crippen LogP contribution < -0.4 is 5.32 Å². The first kappa shape index (κ1) is 15.9. The minimum atomic E-state index is -0.167. The predicted octanol–water partition coefficient (Wildman–Crippen LogP) is 1.20. The number of nitrogens with zero attached hydrogens (tertiary/aromatic N) is 3. The molecule has 1 aromatic heterocycles. The highest BCUT2D eigenvalue weighted by atomic mass is 16.2. The minimum Gasteiger partial charge on any atom is -0.349 e. The van der Waals surface area contributed by atoms with E-state index < -0.39 is 0 Å². The summed E-state index contributed by atoms with van der Waals surface area (Å²) in [5, 5.41) is 2.87. The van der Waals surface area contributed by atoms with Gasteiger partial charge < -0.3 is 10.2 Å². The van der Waals surface area contributed by atoms with Gasteiger partial charge in [0.1, 0.15) is 5.69 Å². The van der Waals surface area contributed by atoms with Crippen LogP contribution in [0, 0.1) is 0 Å². The highest BCUT2D eigenvalue weighted by Gasteiger charge is 2.23. The zero-order valence-electron chi connectivity index (χ0n) is 13.6. The van der Waals surface area contributed by atoms with Crippen LogP contribution in [-0.2, 0) is 4.79 Å². The molecule has 2 saturated heterocycles. The number of amides is 2. The lowest BCUT2D eigenvalue weighted by Gasteiger charge is -2.20. The Morgan fingerprint density at radius 2 is 2.26 bits per heavy atom. The Labute approximate surface area is 136 Å². The summed E-state index contributed by atoms with van der Waals surface area (Å²) in [7, 11) is 2.12. The van der Waals surface area contributed by atoms with Crippen molar-refractivity contribution in [3.8, 4) is 0 Å². The monoisotopic (exact) mass is 316 g/mol. The average molecular weight is 316 g/mol. The quantitative estimate of drug-likeness (QED) is 0.886. The molecule has 23 heavy (non-hydrogen) atoms. The Morgan fingerprint density at radius 3 is 2.96 bits per heavy atom. The summed E-state index contributed by atoms with van der Waals surface area (Å²) in [4.78, 5) is 32.1. The van der Waals surface area contributed by atoms with Gasteiger partial charge in [-0.25, -0.2) is 0 Å². The Morgan fingerprint density at radius 1 is 1.39 bits per heavy atom. The maximum absolute atomic E-state index is 12.3. The highest BCUT2D eigenvalue weighted by Crippen LogP contribution is 2.30. The van der Waals surface area contributed by atoms with E-state index in [2.05, 4.69) is 22.2 Å². The number of hydrogen-bond acceptors (Lipinski definition) is 4. The molecular formula is C17H24N4O2. The second kappa shape index (κ2) is 7.08. The molecule has 6 heteroatoms. The van der Waals surface area contributed by atoms with Crippen molar-refractivity contribution >= 4 is 11.8 Å². The summed E-state index contributed by atoms with van der Waals surface area (Å²) in [6.07, 6.45) is 5.58. The fraction of sp³-hybridized carbons (Fsp3) is 0.588. The Balaban J connectivity index is 1.55. The van der Waals surface area contributed by atoms with E-state index in [1.54, 1.807) is 11.1 Å². The molecule has 0 aliphatic carbocycles.